The summed E-state index contributed by atoms with van der Waals surface area (Å²) in [7, 11) is 0. The number of hydrogen-bond acceptors (Lipinski definition) is 2. The minimum Gasteiger partial charge on any atom is -0.341 e. The number of aromatic nitrogens is 1. The molecule has 0 aliphatic carbocycles. The van der Waals surface area contributed by atoms with Gasteiger partial charge in [0.1, 0.15) is 5.69 Å². The highest BCUT2D eigenvalue weighted by Gasteiger charge is 2.12. The molecule has 0 saturated carbocycles. The van der Waals surface area contributed by atoms with E-state index in [1.165, 1.54) is 5.56 Å². The SMILES string of the molecule is CCn1c(CCc2ccccc2)ccc1C(=O)NN. The number of benzene rings is 1. The van der Waals surface area contributed by atoms with E-state index in [1.54, 1.807) is 0 Å². The Hall–Kier alpha value is -2.07. The zero-order valence-corrected chi connectivity index (χ0v) is 11.1. The number of nitrogen functional groups attached to an aromatic ring is 1. The largest absolute Gasteiger partial charge is 0.341 e. The van der Waals surface area contributed by atoms with Crippen LogP contribution in [0.4, 0.5) is 0 Å². The molecule has 4 nitrogen and oxygen atoms in total. The van der Waals surface area contributed by atoms with Gasteiger partial charge in [-0.3, -0.25) is 10.2 Å². The van der Waals surface area contributed by atoms with Gasteiger partial charge in [-0.25, -0.2) is 5.84 Å². The van der Waals surface area contributed by atoms with Crippen LogP contribution in [0.25, 0.3) is 0 Å². The number of rotatable bonds is 5. The molecule has 0 radical (unpaired) electrons. The van der Waals surface area contributed by atoms with Crippen LogP contribution < -0.4 is 11.3 Å². The van der Waals surface area contributed by atoms with Crippen LogP contribution in [-0.4, -0.2) is 10.5 Å². The van der Waals surface area contributed by atoms with Gasteiger partial charge in [-0.2, -0.15) is 0 Å². The molecule has 4 heteroatoms. The minimum absolute atomic E-state index is 0.243. The predicted octanol–water partition coefficient (Wildman–Crippen LogP) is 1.90. The van der Waals surface area contributed by atoms with E-state index in [1.807, 2.05) is 41.8 Å². The summed E-state index contributed by atoms with van der Waals surface area (Å²) in [6, 6.07) is 14.2. The fourth-order valence-electron chi connectivity index (χ4n) is 2.29. The first kappa shape index (κ1) is 13.4. The van der Waals surface area contributed by atoms with Crippen LogP contribution >= 0.6 is 0 Å². The molecule has 1 aromatic carbocycles. The fraction of sp³-hybridized carbons (Fsp3) is 0.267. The van der Waals surface area contributed by atoms with Crippen molar-refractivity contribution in [1.82, 2.24) is 9.99 Å². The van der Waals surface area contributed by atoms with Crippen LogP contribution in [0.3, 0.4) is 0 Å². The van der Waals surface area contributed by atoms with Crippen molar-refractivity contribution in [3.05, 3.63) is 59.4 Å². The van der Waals surface area contributed by atoms with Gasteiger partial charge in [-0.1, -0.05) is 30.3 Å². The molecule has 3 N–H and O–H groups in total. The van der Waals surface area contributed by atoms with Gasteiger partial charge in [-0.05, 0) is 37.5 Å². The third-order valence-electron chi connectivity index (χ3n) is 3.26. The standard InChI is InChI=1S/C15H19N3O/c1-2-18-13(10-11-14(18)15(19)17-16)9-8-12-6-4-3-5-7-12/h3-7,10-11H,2,8-9,16H2,1H3,(H,17,19). The number of amides is 1. The monoisotopic (exact) mass is 257 g/mol. The Morgan fingerprint density at radius 3 is 2.53 bits per heavy atom. The lowest BCUT2D eigenvalue weighted by molar-refractivity contribution is 0.0944. The summed E-state index contributed by atoms with van der Waals surface area (Å²) < 4.78 is 2.01. The van der Waals surface area contributed by atoms with Crippen LogP contribution in [0.2, 0.25) is 0 Å². The van der Waals surface area contributed by atoms with Gasteiger partial charge >= 0.3 is 0 Å². The second-order valence-corrected chi connectivity index (χ2v) is 4.41. The molecule has 1 heterocycles. The highest BCUT2D eigenvalue weighted by Crippen LogP contribution is 2.13. The lowest BCUT2D eigenvalue weighted by Gasteiger charge is -2.10. The Labute approximate surface area is 113 Å². The molecule has 0 spiro atoms. The summed E-state index contributed by atoms with van der Waals surface area (Å²) in [4.78, 5) is 11.6. The second-order valence-electron chi connectivity index (χ2n) is 4.41. The van der Waals surface area contributed by atoms with Gasteiger partial charge < -0.3 is 4.57 Å². The summed E-state index contributed by atoms with van der Waals surface area (Å²) in [5.41, 5.74) is 5.26. The Balaban J connectivity index is 2.13. The number of hydrazine groups is 1. The van der Waals surface area contributed by atoms with Crippen molar-refractivity contribution >= 4 is 5.91 Å². The molecule has 2 rings (SSSR count). The maximum Gasteiger partial charge on any atom is 0.281 e. The zero-order chi connectivity index (χ0) is 13.7. The van der Waals surface area contributed by atoms with Gasteiger partial charge in [0.05, 0.1) is 0 Å². The maximum atomic E-state index is 11.6. The van der Waals surface area contributed by atoms with Crippen molar-refractivity contribution in [1.29, 1.82) is 0 Å². The van der Waals surface area contributed by atoms with E-state index in [9.17, 15) is 4.79 Å². The molecule has 1 amide bonds. The van der Waals surface area contributed by atoms with Crippen LogP contribution in [0.1, 0.15) is 28.7 Å². The molecule has 0 unspecified atom stereocenters. The average Bonchev–Trinajstić information content (AvgIpc) is 2.88. The molecular weight excluding hydrogens is 238 g/mol. The molecule has 0 aliphatic rings. The van der Waals surface area contributed by atoms with Gasteiger partial charge in [0.25, 0.3) is 5.91 Å². The van der Waals surface area contributed by atoms with E-state index in [0.29, 0.717) is 5.69 Å². The topological polar surface area (TPSA) is 60.0 Å². The first-order valence-corrected chi connectivity index (χ1v) is 6.49. The Morgan fingerprint density at radius 1 is 1.16 bits per heavy atom. The maximum absolute atomic E-state index is 11.6. The Kier molecular flexibility index (Phi) is 4.36. The van der Waals surface area contributed by atoms with E-state index < -0.39 is 0 Å². The first-order chi connectivity index (χ1) is 9.26. The third kappa shape index (κ3) is 3.03. The Bertz CT molecular complexity index is 546. The summed E-state index contributed by atoms with van der Waals surface area (Å²) >= 11 is 0. The molecule has 0 aliphatic heterocycles. The van der Waals surface area contributed by atoms with Crippen molar-refractivity contribution in [2.75, 3.05) is 0 Å². The number of nitrogens with two attached hydrogens (primary N) is 1. The minimum atomic E-state index is -0.243. The number of carbonyl (C=O) groups is 1. The molecule has 1 aromatic heterocycles. The summed E-state index contributed by atoms with van der Waals surface area (Å²) in [6.45, 7) is 2.79. The fourth-order valence-corrected chi connectivity index (χ4v) is 2.29. The quantitative estimate of drug-likeness (QED) is 0.488. The van der Waals surface area contributed by atoms with E-state index in [0.717, 1.165) is 25.1 Å². The van der Waals surface area contributed by atoms with Crippen molar-refractivity contribution in [3.63, 3.8) is 0 Å². The van der Waals surface area contributed by atoms with Crippen LogP contribution in [-0.2, 0) is 19.4 Å². The van der Waals surface area contributed by atoms with E-state index in [-0.39, 0.29) is 5.91 Å². The number of nitrogens with one attached hydrogen (secondary N) is 1. The predicted molar refractivity (Wildman–Crippen MR) is 75.6 cm³/mol. The van der Waals surface area contributed by atoms with Gasteiger partial charge in [0.15, 0.2) is 0 Å². The normalized spacial score (nSPS) is 10.4. The molecule has 0 bridgehead atoms. The highest BCUT2D eigenvalue weighted by atomic mass is 16.2. The number of carbonyl (C=O) groups excluding carboxylic acids is 1. The van der Waals surface area contributed by atoms with Crippen molar-refractivity contribution in [3.8, 4) is 0 Å². The number of aryl methyl sites for hydroxylation is 2. The number of nitrogens with zero attached hydrogens (tertiary/aromatic N) is 1. The molecule has 0 fully saturated rings. The highest BCUT2D eigenvalue weighted by molar-refractivity contribution is 5.92. The Morgan fingerprint density at radius 2 is 1.89 bits per heavy atom. The first-order valence-electron chi connectivity index (χ1n) is 6.49. The van der Waals surface area contributed by atoms with Crippen molar-refractivity contribution in [2.45, 2.75) is 26.3 Å². The lowest BCUT2D eigenvalue weighted by atomic mass is 10.1. The molecule has 19 heavy (non-hydrogen) atoms. The van der Waals surface area contributed by atoms with Crippen molar-refractivity contribution < 1.29 is 4.79 Å². The summed E-state index contributed by atoms with van der Waals surface area (Å²) in [6.07, 6.45) is 1.88. The van der Waals surface area contributed by atoms with Gasteiger partial charge in [-0.15, -0.1) is 0 Å². The zero-order valence-electron chi connectivity index (χ0n) is 11.1. The van der Waals surface area contributed by atoms with Crippen molar-refractivity contribution in [2.24, 2.45) is 5.84 Å². The molecule has 0 saturated heterocycles. The van der Waals surface area contributed by atoms with Crippen LogP contribution in [0.15, 0.2) is 42.5 Å². The van der Waals surface area contributed by atoms with E-state index in [4.69, 9.17) is 5.84 Å². The van der Waals surface area contributed by atoms with Crippen LogP contribution in [0, 0.1) is 0 Å². The third-order valence-corrected chi connectivity index (χ3v) is 3.26. The molecule has 0 atom stereocenters. The average molecular weight is 257 g/mol. The lowest BCUT2D eigenvalue weighted by Crippen LogP contribution is -2.32. The van der Waals surface area contributed by atoms with E-state index >= 15 is 0 Å². The molecular formula is C15H19N3O. The van der Waals surface area contributed by atoms with Gasteiger partial charge in [0, 0.05) is 12.2 Å². The summed E-state index contributed by atoms with van der Waals surface area (Å²) in [5.74, 6) is 4.95. The van der Waals surface area contributed by atoms with E-state index in [2.05, 4.69) is 17.6 Å². The summed E-state index contributed by atoms with van der Waals surface area (Å²) in [5, 5.41) is 0. The van der Waals surface area contributed by atoms with Crippen LogP contribution in [0.5, 0.6) is 0 Å². The molecule has 2 aromatic rings. The smallest absolute Gasteiger partial charge is 0.281 e. The molecule has 100 valence electrons. The second kappa shape index (κ2) is 6.20. The number of hydrogen-bond donors (Lipinski definition) is 2. The van der Waals surface area contributed by atoms with Gasteiger partial charge in [0.2, 0.25) is 0 Å².